The molecule has 0 saturated heterocycles. The molecule has 0 aromatic carbocycles. The number of carboxylic acid groups (broad SMARTS) is 1. The number of carboxylic acids is 1. The molecular formula is C13H12N2O3. The van der Waals surface area contributed by atoms with Crippen LogP contribution in [-0.2, 0) is 18.0 Å². The molecule has 5 nitrogen and oxygen atoms in total. The zero-order valence-corrected chi connectivity index (χ0v) is 9.61. The lowest BCUT2D eigenvalue weighted by Crippen LogP contribution is -2.00. The molecule has 92 valence electrons. The van der Waals surface area contributed by atoms with Gasteiger partial charge in [-0.3, -0.25) is 9.97 Å². The lowest BCUT2D eigenvalue weighted by atomic mass is 10.2. The Morgan fingerprint density at radius 3 is 2.56 bits per heavy atom. The minimum absolute atomic E-state index is 0.174. The van der Waals surface area contributed by atoms with Crippen molar-refractivity contribution in [3.63, 3.8) is 0 Å². The lowest BCUT2D eigenvalue weighted by molar-refractivity contribution is 0.0696. The fourth-order valence-corrected chi connectivity index (χ4v) is 1.39. The fourth-order valence-electron chi connectivity index (χ4n) is 1.39. The summed E-state index contributed by atoms with van der Waals surface area (Å²) in [7, 11) is 0. The largest absolute Gasteiger partial charge is 0.478 e. The van der Waals surface area contributed by atoms with Gasteiger partial charge in [0.25, 0.3) is 0 Å². The van der Waals surface area contributed by atoms with Crippen molar-refractivity contribution in [1.82, 2.24) is 9.97 Å². The molecule has 2 aromatic rings. The number of nitrogens with zero attached hydrogens (tertiary/aromatic N) is 2. The predicted octanol–water partition coefficient (Wildman–Crippen LogP) is 1.89. The summed E-state index contributed by atoms with van der Waals surface area (Å²) < 4.78 is 5.47. The molecule has 5 heteroatoms. The second-order valence-electron chi connectivity index (χ2n) is 3.69. The number of pyridine rings is 2. The molecule has 0 spiro atoms. The third-order valence-electron chi connectivity index (χ3n) is 2.34. The fraction of sp³-hybridized carbons (Fsp3) is 0.154. The summed E-state index contributed by atoms with van der Waals surface area (Å²) in [4.78, 5) is 18.6. The second kappa shape index (κ2) is 5.88. The Kier molecular flexibility index (Phi) is 3.98. The van der Waals surface area contributed by atoms with Crippen LogP contribution in [0.3, 0.4) is 0 Å². The van der Waals surface area contributed by atoms with E-state index in [2.05, 4.69) is 9.97 Å². The van der Waals surface area contributed by atoms with Crippen molar-refractivity contribution in [2.45, 2.75) is 13.2 Å². The Labute approximate surface area is 104 Å². The molecule has 0 amide bonds. The van der Waals surface area contributed by atoms with E-state index in [1.165, 1.54) is 12.3 Å². The van der Waals surface area contributed by atoms with E-state index in [4.69, 9.17) is 9.84 Å². The van der Waals surface area contributed by atoms with E-state index < -0.39 is 5.97 Å². The van der Waals surface area contributed by atoms with Gasteiger partial charge < -0.3 is 9.84 Å². The zero-order chi connectivity index (χ0) is 12.8. The maximum Gasteiger partial charge on any atom is 0.337 e. The van der Waals surface area contributed by atoms with E-state index in [-0.39, 0.29) is 5.56 Å². The molecule has 0 saturated carbocycles. The van der Waals surface area contributed by atoms with E-state index in [1.807, 2.05) is 12.1 Å². The van der Waals surface area contributed by atoms with Gasteiger partial charge in [0, 0.05) is 18.6 Å². The van der Waals surface area contributed by atoms with Crippen LogP contribution in [0.2, 0.25) is 0 Å². The molecule has 0 radical (unpaired) electrons. The number of hydrogen-bond acceptors (Lipinski definition) is 4. The summed E-state index contributed by atoms with van der Waals surface area (Å²) in [6.45, 7) is 0.826. The molecule has 0 aliphatic rings. The minimum Gasteiger partial charge on any atom is -0.478 e. The average molecular weight is 244 g/mol. The molecule has 0 bridgehead atoms. The topological polar surface area (TPSA) is 72.3 Å². The van der Waals surface area contributed by atoms with Crippen LogP contribution in [-0.4, -0.2) is 21.0 Å². The lowest BCUT2D eigenvalue weighted by Gasteiger charge is -2.04. The smallest absolute Gasteiger partial charge is 0.337 e. The van der Waals surface area contributed by atoms with Crippen molar-refractivity contribution in [2.24, 2.45) is 0 Å². The minimum atomic E-state index is -0.980. The van der Waals surface area contributed by atoms with Gasteiger partial charge in [0.05, 0.1) is 24.5 Å². The molecule has 0 aliphatic carbocycles. The Morgan fingerprint density at radius 2 is 1.94 bits per heavy atom. The number of carbonyl (C=O) groups is 1. The Hall–Kier alpha value is -2.27. The van der Waals surface area contributed by atoms with Crippen molar-refractivity contribution in [3.05, 3.63) is 59.7 Å². The Bertz CT molecular complexity index is 512. The first-order chi connectivity index (χ1) is 8.75. The van der Waals surface area contributed by atoms with E-state index in [0.717, 1.165) is 5.56 Å². The first-order valence-corrected chi connectivity index (χ1v) is 5.40. The van der Waals surface area contributed by atoms with Crippen LogP contribution in [0.15, 0.2) is 42.9 Å². The molecule has 1 N–H and O–H groups in total. The van der Waals surface area contributed by atoms with Crippen molar-refractivity contribution in [3.8, 4) is 0 Å². The van der Waals surface area contributed by atoms with Gasteiger partial charge in [0.2, 0.25) is 0 Å². The number of rotatable bonds is 5. The summed E-state index contributed by atoms with van der Waals surface area (Å²) in [5.74, 6) is -0.980. The second-order valence-corrected chi connectivity index (χ2v) is 3.69. The van der Waals surface area contributed by atoms with E-state index >= 15 is 0 Å². The maximum absolute atomic E-state index is 10.6. The number of ether oxygens (including phenoxy) is 1. The molecule has 18 heavy (non-hydrogen) atoms. The van der Waals surface area contributed by atoms with Crippen LogP contribution in [0, 0.1) is 0 Å². The zero-order valence-electron chi connectivity index (χ0n) is 9.61. The van der Waals surface area contributed by atoms with Gasteiger partial charge in [-0.25, -0.2) is 4.79 Å². The molecule has 2 aromatic heterocycles. The molecule has 2 heterocycles. The van der Waals surface area contributed by atoms with Crippen molar-refractivity contribution < 1.29 is 14.6 Å². The van der Waals surface area contributed by atoms with Gasteiger partial charge >= 0.3 is 5.97 Å². The molecular weight excluding hydrogens is 232 g/mol. The summed E-state index contributed by atoms with van der Waals surface area (Å²) >= 11 is 0. The van der Waals surface area contributed by atoms with Gasteiger partial charge in [0.15, 0.2) is 0 Å². The van der Waals surface area contributed by atoms with Gasteiger partial charge in [-0.1, -0.05) is 0 Å². The standard InChI is InChI=1S/C13H12N2O3/c16-13(17)11-1-2-12(15-7-11)9-18-8-10-3-5-14-6-4-10/h1-7H,8-9H2,(H,16,17). The highest BCUT2D eigenvalue weighted by Gasteiger charge is 2.02. The highest BCUT2D eigenvalue weighted by molar-refractivity contribution is 5.87. The predicted molar refractivity (Wildman–Crippen MR) is 63.9 cm³/mol. The summed E-state index contributed by atoms with van der Waals surface area (Å²) in [5, 5.41) is 8.72. The van der Waals surface area contributed by atoms with E-state index in [0.29, 0.717) is 18.9 Å². The van der Waals surface area contributed by atoms with Crippen LogP contribution < -0.4 is 0 Å². The van der Waals surface area contributed by atoms with Crippen LogP contribution in [0.5, 0.6) is 0 Å². The number of aromatic carboxylic acids is 1. The molecule has 0 unspecified atom stereocenters. The van der Waals surface area contributed by atoms with Crippen molar-refractivity contribution >= 4 is 5.97 Å². The van der Waals surface area contributed by atoms with Crippen LogP contribution >= 0.6 is 0 Å². The number of aromatic nitrogens is 2. The van der Waals surface area contributed by atoms with Gasteiger partial charge in [-0.2, -0.15) is 0 Å². The molecule has 2 rings (SSSR count). The first kappa shape index (κ1) is 12.2. The summed E-state index contributed by atoms with van der Waals surface area (Å²) in [6.07, 6.45) is 4.74. The average Bonchev–Trinajstić information content (AvgIpc) is 2.40. The molecule has 0 atom stereocenters. The van der Waals surface area contributed by atoms with Gasteiger partial charge in [-0.05, 0) is 29.8 Å². The quantitative estimate of drug-likeness (QED) is 0.869. The highest BCUT2D eigenvalue weighted by Crippen LogP contribution is 2.04. The first-order valence-electron chi connectivity index (χ1n) is 5.40. The van der Waals surface area contributed by atoms with Crippen molar-refractivity contribution in [1.29, 1.82) is 0 Å². The SMILES string of the molecule is O=C(O)c1ccc(COCc2ccncc2)nc1. The van der Waals surface area contributed by atoms with Crippen LogP contribution in [0.4, 0.5) is 0 Å². The van der Waals surface area contributed by atoms with Crippen LogP contribution in [0.25, 0.3) is 0 Å². The van der Waals surface area contributed by atoms with Gasteiger partial charge in [-0.15, -0.1) is 0 Å². The molecule has 0 aliphatic heterocycles. The van der Waals surface area contributed by atoms with E-state index in [1.54, 1.807) is 18.5 Å². The number of hydrogen-bond donors (Lipinski definition) is 1. The summed E-state index contributed by atoms with van der Waals surface area (Å²) in [6, 6.07) is 6.92. The third-order valence-corrected chi connectivity index (χ3v) is 2.34. The maximum atomic E-state index is 10.6. The normalized spacial score (nSPS) is 10.2. The Morgan fingerprint density at radius 1 is 1.17 bits per heavy atom. The molecule has 0 fully saturated rings. The van der Waals surface area contributed by atoms with Crippen molar-refractivity contribution in [2.75, 3.05) is 0 Å². The van der Waals surface area contributed by atoms with Crippen LogP contribution in [0.1, 0.15) is 21.6 Å². The summed E-state index contributed by atoms with van der Waals surface area (Å²) in [5.41, 5.74) is 1.91. The van der Waals surface area contributed by atoms with E-state index in [9.17, 15) is 4.79 Å². The third kappa shape index (κ3) is 3.36. The monoisotopic (exact) mass is 244 g/mol. The highest BCUT2D eigenvalue weighted by atomic mass is 16.5. The van der Waals surface area contributed by atoms with Gasteiger partial charge in [0.1, 0.15) is 0 Å². The Balaban J connectivity index is 1.85.